The van der Waals surface area contributed by atoms with Crippen molar-refractivity contribution in [1.29, 1.82) is 0 Å². The molecule has 3 rings (SSSR count). The normalized spacial score (nSPS) is 23.1. The third-order valence-corrected chi connectivity index (χ3v) is 5.70. The Kier molecular flexibility index (Phi) is 6.95. The fourth-order valence-corrected chi connectivity index (χ4v) is 4.06. The van der Waals surface area contributed by atoms with Crippen molar-refractivity contribution in [2.45, 2.75) is 37.4 Å². The van der Waals surface area contributed by atoms with Gasteiger partial charge in [0.05, 0.1) is 12.6 Å². The first-order valence-corrected chi connectivity index (χ1v) is 10.2. The number of fused-ring (bicyclic) bond motifs is 1. The molecule has 1 aromatic rings. The number of rotatable bonds is 7. The zero-order chi connectivity index (χ0) is 21.7. The van der Waals surface area contributed by atoms with Crippen LogP contribution in [0.4, 0.5) is 5.69 Å². The molecule has 2 saturated heterocycles. The summed E-state index contributed by atoms with van der Waals surface area (Å²) >= 11 is 0. The van der Waals surface area contributed by atoms with Gasteiger partial charge in [-0.25, -0.2) is 0 Å². The van der Waals surface area contributed by atoms with E-state index >= 15 is 0 Å². The van der Waals surface area contributed by atoms with Crippen molar-refractivity contribution in [3.8, 4) is 12.3 Å². The molecule has 2 aliphatic rings. The van der Waals surface area contributed by atoms with Gasteiger partial charge >= 0.3 is 0 Å². The van der Waals surface area contributed by atoms with Crippen molar-refractivity contribution < 1.29 is 14.4 Å². The molecule has 0 spiro atoms. The van der Waals surface area contributed by atoms with Crippen LogP contribution in [0.25, 0.3) is 0 Å². The average Bonchev–Trinajstić information content (AvgIpc) is 3.16. The van der Waals surface area contributed by atoms with Gasteiger partial charge in [-0.05, 0) is 37.1 Å². The van der Waals surface area contributed by atoms with Gasteiger partial charge in [-0.1, -0.05) is 5.92 Å². The van der Waals surface area contributed by atoms with E-state index in [0.29, 0.717) is 37.9 Å². The van der Waals surface area contributed by atoms with Crippen molar-refractivity contribution in [2.24, 2.45) is 0 Å². The highest BCUT2D eigenvalue weighted by molar-refractivity contribution is 5.95. The molecular formula is C22H29N5O3. The predicted molar refractivity (Wildman–Crippen MR) is 115 cm³/mol. The predicted octanol–water partition coefficient (Wildman–Crippen LogP) is -0.0467. The van der Waals surface area contributed by atoms with Gasteiger partial charge in [0.2, 0.25) is 11.8 Å². The maximum absolute atomic E-state index is 12.7. The fourth-order valence-electron chi connectivity index (χ4n) is 4.06. The number of anilines is 1. The zero-order valence-electron chi connectivity index (χ0n) is 17.5. The lowest BCUT2D eigenvalue weighted by Crippen LogP contribution is -2.58. The molecule has 8 nitrogen and oxygen atoms in total. The number of hydrogen-bond acceptors (Lipinski definition) is 5. The van der Waals surface area contributed by atoms with Gasteiger partial charge in [-0.15, -0.1) is 6.42 Å². The van der Waals surface area contributed by atoms with Crippen LogP contribution >= 0.6 is 0 Å². The third kappa shape index (κ3) is 5.10. The van der Waals surface area contributed by atoms with Crippen molar-refractivity contribution in [3.05, 3.63) is 29.8 Å². The number of terminal acetylenes is 1. The Bertz CT molecular complexity index is 830. The van der Waals surface area contributed by atoms with Gasteiger partial charge < -0.3 is 20.9 Å². The molecule has 0 radical (unpaired) electrons. The van der Waals surface area contributed by atoms with Crippen molar-refractivity contribution >= 4 is 23.4 Å². The number of benzene rings is 1. The first kappa shape index (κ1) is 21.7. The molecule has 0 saturated carbocycles. The Morgan fingerprint density at radius 3 is 2.70 bits per heavy atom. The van der Waals surface area contributed by atoms with E-state index in [1.165, 1.54) is 0 Å². The molecule has 0 aromatic heterocycles. The maximum Gasteiger partial charge on any atom is 0.251 e. The second-order valence-corrected chi connectivity index (χ2v) is 7.98. The van der Waals surface area contributed by atoms with E-state index in [1.54, 1.807) is 12.1 Å². The second-order valence-electron chi connectivity index (χ2n) is 7.98. The minimum atomic E-state index is -0.279. The minimum absolute atomic E-state index is 0.0184. The lowest BCUT2D eigenvalue weighted by atomic mass is 10.0. The minimum Gasteiger partial charge on any atom is -0.378 e. The van der Waals surface area contributed by atoms with Crippen LogP contribution in [0, 0.1) is 12.3 Å². The number of carbonyl (C=O) groups is 3. The Labute approximate surface area is 177 Å². The van der Waals surface area contributed by atoms with Crippen LogP contribution in [0.5, 0.6) is 0 Å². The van der Waals surface area contributed by atoms with Gasteiger partial charge in [0.1, 0.15) is 0 Å². The van der Waals surface area contributed by atoms with E-state index in [4.69, 9.17) is 6.42 Å². The van der Waals surface area contributed by atoms with Crippen LogP contribution < -0.4 is 20.9 Å². The molecule has 3 N–H and O–H groups in total. The molecule has 0 aliphatic carbocycles. The lowest BCUT2D eigenvalue weighted by molar-refractivity contribution is -0.129. The van der Waals surface area contributed by atoms with Crippen molar-refractivity contribution in [3.63, 3.8) is 0 Å². The Morgan fingerprint density at radius 1 is 1.30 bits per heavy atom. The molecule has 30 heavy (non-hydrogen) atoms. The molecule has 8 heteroatoms. The van der Waals surface area contributed by atoms with Crippen molar-refractivity contribution in [1.82, 2.24) is 20.9 Å². The first-order chi connectivity index (χ1) is 14.4. The lowest BCUT2D eigenvalue weighted by Gasteiger charge is -2.37. The molecule has 0 bridgehead atoms. The SMILES string of the molecule is C#CCNC(=O)CC[C@@H]1CNC(=O)[C@@H]2C[C@H](NC(=O)c3ccc(N(C)C)cc3)CN12. The summed E-state index contributed by atoms with van der Waals surface area (Å²) in [4.78, 5) is 40.9. The van der Waals surface area contributed by atoms with Crippen LogP contribution in [0.1, 0.15) is 29.6 Å². The third-order valence-electron chi connectivity index (χ3n) is 5.70. The maximum atomic E-state index is 12.7. The van der Waals surface area contributed by atoms with Gasteiger partial charge in [0, 0.05) is 56.9 Å². The van der Waals surface area contributed by atoms with Gasteiger partial charge in [0.25, 0.3) is 5.91 Å². The molecule has 3 amide bonds. The van der Waals surface area contributed by atoms with E-state index in [-0.39, 0.29) is 42.4 Å². The smallest absolute Gasteiger partial charge is 0.251 e. The summed E-state index contributed by atoms with van der Waals surface area (Å²) in [5.74, 6) is 2.13. The highest BCUT2D eigenvalue weighted by Gasteiger charge is 2.43. The highest BCUT2D eigenvalue weighted by atomic mass is 16.2. The highest BCUT2D eigenvalue weighted by Crippen LogP contribution is 2.26. The second kappa shape index (κ2) is 9.63. The number of hydrogen-bond donors (Lipinski definition) is 3. The number of carbonyl (C=O) groups excluding carboxylic acids is 3. The topological polar surface area (TPSA) is 93.8 Å². The number of nitrogens with zero attached hydrogens (tertiary/aromatic N) is 2. The molecule has 3 atom stereocenters. The van der Waals surface area contributed by atoms with Gasteiger partial charge in [0.15, 0.2) is 0 Å². The summed E-state index contributed by atoms with van der Waals surface area (Å²) in [5, 5.41) is 8.65. The standard InChI is InChI=1S/C22H29N5O3/c1-4-11-23-20(28)10-9-18-13-24-22(30)19-12-16(14-27(18)19)25-21(29)15-5-7-17(8-6-15)26(2)3/h1,5-8,16,18-19H,9-14H2,2-3H3,(H,23,28)(H,24,30)(H,25,29)/t16-,18+,19-/m0/s1. The number of amides is 3. The molecule has 2 aliphatic heterocycles. The quantitative estimate of drug-likeness (QED) is 0.547. The van der Waals surface area contributed by atoms with Crippen LogP contribution in [0.3, 0.4) is 0 Å². The Morgan fingerprint density at radius 2 is 2.03 bits per heavy atom. The summed E-state index contributed by atoms with van der Waals surface area (Å²) in [6, 6.07) is 7.08. The summed E-state index contributed by atoms with van der Waals surface area (Å²) in [6.45, 7) is 1.32. The van der Waals surface area contributed by atoms with Gasteiger partial charge in [-0.2, -0.15) is 0 Å². The molecule has 2 fully saturated rings. The summed E-state index contributed by atoms with van der Waals surface area (Å²) in [7, 11) is 3.90. The molecule has 0 unspecified atom stereocenters. The van der Waals surface area contributed by atoms with Crippen LogP contribution in [0.15, 0.2) is 24.3 Å². The molecule has 1 aromatic carbocycles. The summed E-state index contributed by atoms with van der Waals surface area (Å²) in [5.41, 5.74) is 1.62. The average molecular weight is 412 g/mol. The van der Waals surface area contributed by atoms with E-state index in [1.807, 2.05) is 31.1 Å². The number of nitrogens with one attached hydrogen (secondary N) is 3. The van der Waals surface area contributed by atoms with E-state index < -0.39 is 0 Å². The first-order valence-electron chi connectivity index (χ1n) is 10.2. The summed E-state index contributed by atoms with van der Waals surface area (Å²) < 4.78 is 0. The largest absolute Gasteiger partial charge is 0.378 e. The molecule has 160 valence electrons. The van der Waals surface area contributed by atoms with Gasteiger partial charge in [-0.3, -0.25) is 19.3 Å². The van der Waals surface area contributed by atoms with Crippen LogP contribution in [-0.4, -0.2) is 74.5 Å². The summed E-state index contributed by atoms with van der Waals surface area (Å²) in [6.07, 6.45) is 6.70. The van der Waals surface area contributed by atoms with E-state index in [0.717, 1.165) is 5.69 Å². The Hall–Kier alpha value is -3.05. The Balaban J connectivity index is 1.57. The number of piperazine rings is 1. The molecular weight excluding hydrogens is 382 g/mol. The van der Waals surface area contributed by atoms with Crippen LogP contribution in [-0.2, 0) is 9.59 Å². The van der Waals surface area contributed by atoms with E-state index in [9.17, 15) is 14.4 Å². The fraction of sp³-hybridized carbons (Fsp3) is 0.500. The zero-order valence-corrected chi connectivity index (χ0v) is 17.5. The monoisotopic (exact) mass is 411 g/mol. The molecule has 2 heterocycles. The van der Waals surface area contributed by atoms with Crippen LogP contribution in [0.2, 0.25) is 0 Å². The van der Waals surface area contributed by atoms with E-state index in [2.05, 4.69) is 26.8 Å². The van der Waals surface area contributed by atoms with Crippen molar-refractivity contribution in [2.75, 3.05) is 38.6 Å².